The van der Waals surface area contributed by atoms with Gasteiger partial charge in [0.2, 0.25) is 0 Å². The molecular weight excluding hydrogens is 291 g/mol. The van der Waals surface area contributed by atoms with Crippen molar-refractivity contribution in [2.75, 3.05) is 6.54 Å². The van der Waals surface area contributed by atoms with Gasteiger partial charge in [-0.15, -0.1) is 0 Å². The SMILES string of the molecule is Cc1cc2ccccc2n1CCCNC(=O)c1ccccc1F. The first-order valence-corrected chi connectivity index (χ1v) is 7.74. The summed E-state index contributed by atoms with van der Waals surface area (Å²) in [6.07, 6.45) is 0.791. The standard InChI is InChI=1S/C19H19FN2O/c1-14-13-15-7-2-5-10-18(15)22(14)12-6-11-21-19(23)16-8-3-4-9-17(16)20/h2-5,7-10,13H,6,11-12H2,1H3,(H,21,23). The predicted octanol–water partition coefficient (Wildman–Crippen LogP) is 3.91. The van der Waals surface area contributed by atoms with Gasteiger partial charge in [-0.05, 0) is 43.0 Å². The Morgan fingerprint density at radius 2 is 1.87 bits per heavy atom. The number of rotatable bonds is 5. The highest BCUT2D eigenvalue weighted by Gasteiger charge is 2.10. The molecule has 118 valence electrons. The fourth-order valence-corrected chi connectivity index (χ4v) is 2.82. The van der Waals surface area contributed by atoms with Crippen molar-refractivity contribution >= 4 is 16.8 Å². The van der Waals surface area contributed by atoms with Crippen LogP contribution in [0.4, 0.5) is 4.39 Å². The summed E-state index contributed by atoms with van der Waals surface area (Å²) in [4.78, 5) is 11.9. The van der Waals surface area contributed by atoms with Gasteiger partial charge in [0.25, 0.3) is 5.91 Å². The van der Waals surface area contributed by atoms with Crippen LogP contribution in [-0.4, -0.2) is 17.0 Å². The molecule has 0 aliphatic carbocycles. The van der Waals surface area contributed by atoms with Crippen molar-refractivity contribution in [1.82, 2.24) is 9.88 Å². The summed E-state index contributed by atoms with van der Waals surface area (Å²) in [5.74, 6) is -0.852. The summed E-state index contributed by atoms with van der Waals surface area (Å²) < 4.78 is 15.8. The minimum absolute atomic E-state index is 0.0927. The van der Waals surface area contributed by atoms with Crippen molar-refractivity contribution in [3.8, 4) is 0 Å². The van der Waals surface area contributed by atoms with Crippen LogP contribution in [0, 0.1) is 12.7 Å². The smallest absolute Gasteiger partial charge is 0.254 e. The van der Waals surface area contributed by atoms with Gasteiger partial charge in [0.15, 0.2) is 0 Å². The second kappa shape index (κ2) is 6.65. The van der Waals surface area contributed by atoms with E-state index in [1.165, 1.54) is 28.7 Å². The van der Waals surface area contributed by atoms with Crippen LogP contribution in [0.5, 0.6) is 0 Å². The Hall–Kier alpha value is -2.62. The van der Waals surface area contributed by atoms with E-state index in [9.17, 15) is 9.18 Å². The molecule has 0 saturated heterocycles. The summed E-state index contributed by atoms with van der Waals surface area (Å²) in [5.41, 5.74) is 2.49. The van der Waals surface area contributed by atoms with Gasteiger partial charge in [0, 0.05) is 24.3 Å². The number of aryl methyl sites for hydroxylation is 2. The molecular formula is C19H19FN2O. The lowest BCUT2D eigenvalue weighted by Crippen LogP contribution is -2.26. The van der Waals surface area contributed by atoms with E-state index in [4.69, 9.17) is 0 Å². The van der Waals surface area contributed by atoms with E-state index < -0.39 is 5.82 Å². The van der Waals surface area contributed by atoms with Crippen LogP contribution in [0.2, 0.25) is 0 Å². The zero-order chi connectivity index (χ0) is 16.2. The first kappa shape index (κ1) is 15.3. The van der Waals surface area contributed by atoms with Gasteiger partial charge >= 0.3 is 0 Å². The zero-order valence-electron chi connectivity index (χ0n) is 13.1. The first-order chi connectivity index (χ1) is 11.2. The molecule has 23 heavy (non-hydrogen) atoms. The zero-order valence-corrected chi connectivity index (χ0v) is 13.1. The molecule has 4 heteroatoms. The minimum Gasteiger partial charge on any atom is -0.352 e. The maximum absolute atomic E-state index is 13.5. The van der Waals surface area contributed by atoms with E-state index in [1.54, 1.807) is 12.1 Å². The highest BCUT2D eigenvalue weighted by atomic mass is 19.1. The molecule has 0 spiro atoms. The molecule has 3 nitrogen and oxygen atoms in total. The fourth-order valence-electron chi connectivity index (χ4n) is 2.82. The fraction of sp³-hybridized carbons (Fsp3) is 0.211. The van der Waals surface area contributed by atoms with Crippen LogP contribution >= 0.6 is 0 Å². The summed E-state index contributed by atoms with van der Waals surface area (Å²) in [7, 11) is 0. The van der Waals surface area contributed by atoms with Gasteiger partial charge in [-0.25, -0.2) is 4.39 Å². The van der Waals surface area contributed by atoms with Crippen LogP contribution in [0.1, 0.15) is 22.5 Å². The van der Waals surface area contributed by atoms with Crippen LogP contribution in [-0.2, 0) is 6.54 Å². The van der Waals surface area contributed by atoms with E-state index >= 15 is 0 Å². The molecule has 0 radical (unpaired) electrons. The molecule has 1 amide bonds. The van der Waals surface area contributed by atoms with Gasteiger partial charge in [0.05, 0.1) is 5.56 Å². The van der Waals surface area contributed by atoms with Crippen molar-refractivity contribution in [1.29, 1.82) is 0 Å². The summed E-state index contributed by atoms with van der Waals surface area (Å²) >= 11 is 0. The number of amides is 1. The Morgan fingerprint density at radius 3 is 2.70 bits per heavy atom. The number of carbonyl (C=O) groups is 1. The summed E-state index contributed by atoms with van der Waals surface area (Å²) in [6.45, 7) is 3.41. The lowest BCUT2D eigenvalue weighted by Gasteiger charge is -2.09. The number of para-hydroxylation sites is 1. The molecule has 1 aromatic heterocycles. The van der Waals surface area contributed by atoms with Crippen LogP contribution in [0.15, 0.2) is 54.6 Å². The highest BCUT2D eigenvalue weighted by Crippen LogP contribution is 2.19. The van der Waals surface area contributed by atoms with Gasteiger partial charge in [0.1, 0.15) is 5.82 Å². The normalized spacial score (nSPS) is 10.9. The average molecular weight is 310 g/mol. The van der Waals surface area contributed by atoms with Gasteiger partial charge < -0.3 is 9.88 Å². The van der Waals surface area contributed by atoms with Gasteiger partial charge in [-0.2, -0.15) is 0 Å². The number of fused-ring (bicyclic) bond motifs is 1. The van der Waals surface area contributed by atoms with E-state index in [1.807, 2.05) is 12.1 Å². The Kier molecular flexibility index (Phi) is 4.42. The van der Waals surface area contributed by atoms with Crippen molar-refractivity contribution in [2.45, 2.75) is 19.9 Å². The molecule has 3 rings (SSSR count). The second-order valence-corrected chi connectivity index (χ2v) is 5.59. The van der Waals surface area contributed by atoms with Crippen LogP contribution in [0.3, 0.4) is 0 Å². The van der Waals surface area contributed by atoms with Crippen LogP contribution < -0.4 is 5.32 Å². The van der Waals surface area contributed by atoms with Gasteiger partial charge in [-0.1, -0.05) is 30.3 Å². The molecule has 0 unspecified atom stereocenters. The number of halogens is 1. The number of hydrogen-bond acceptors (Lipinski definition) is 1. The molecule has 0 aliphatic rings. The largest absolute Gasteiger partial charge is 0.352 e. The lowest BCUT2D eigenvalue weighted by atomic mass is 10.2. The quantitative estimate of drug-likeness (QED) is 0.712. The van der Waals surface area contributed by atoms with E-state index in [-0.39, 0.29) is 11.5 Å². The molecule has 0 saturated carbocycles. The third kappa shape index (κ3) is 3.26. The molecule has 0 bridgehead atoms. The average Bonchev–Trinajstić information content (AvgIpc) is 2.87. The summed E-state index contributed by atoms with van der Waals surface area (Å²) in [6, 6.07) is 16.4. The number of nitrogens with zero attached hydrogens (tertiary/aromatic N) is 1. The molecule has 1 heterocycles. The van der Waals surface area contributed by atoms with Crippen molar-refractivity contribution < 1.29 is 9.18 Å². The molecule has 0 aliphatic heterocycles. The van der Waals surface area contributed by atoms with Gasteiger partial charge in [-0.3, -0.25) is 4.79 Å². The molecule has 1 N–H and O–H groups in total. The number of aromatic nitrogens is 1. The number of carbonyl (C=O) groups excluding carboxylic acids is 1. The minimum atomic E-state index is -0.489. The van der Waals surface area contributed by atoms with Crippen molar-refractivity contribution in [3.05, 3.63) is 71.7 Å². The third-order valence-electron chi connectivity index (χ3n) is 3.98. The lowest BCUT2D eigenvalue weighted by molar-refractivity contribution is 0.0949. The van der Waals surface area contributed by atoms with Crippen molar-refractivity contribution in [2.24, 2.45) is 0 Å². The maximum atomic E-state index is 13.5. The van der Waals surface area contributed by atoms with Crippen LogP contribution in [0.25, 0.3) is 10.9 Å². The van der Waals surface area contributed by atoms with E-state index in [0.29, 0.717) is 6.54 Å². The molecule has 3 aromatic rings. The molecule has 0 atom stereocenters. The second-order valence-electron chi connectivity index (χ2n) is 5.59. The first-order valence-electron chi connectivity index (χ1n) is 7.74. The van der Waals surface area contributed by atoms with E-state index in [2.05, 4.69) is 35.0 Å². The van der Waals surface area contributed by atoms with E-state index in [0.717, 1.165) is 13.0 Å². The third-order valence-corrected chi connectivity index (χ3v) is 3.98. The number of benzene rings is 2. The van der Waals surface area contributed by atoms with Crippen molar-refractivity contribution in [3.63, 3.8) is 0 Å². The predicted molar refractivity (Wildman–Crippen MR) is 90.0 cm³/mol. The number of hydrogen-bond donors (Lipinski definition) is 1. The highest BCUT2D eigenvalue weighted by molar-refractivity contribution is 5.94. The Balaban J connectivity index is 1.58. The maximum Gasteiger partial charge on any atom is 0.254 e. The topological polar surface area (TPSA) is 34.0 Å². The number of nitrogens with one attached hydrogen (secondary N) is 1. The Labute approximate surface area is 134 Å². The molecule has 2 aromatic carbocycles. The Bertz CT molecular complexity index is 838. The Morgan fingerprint density at radius 1 is 1.13 bits per heavy atom. The monoisotopic (exact) mass is 310 g/mol. The summed E-state index contributed by atoms with van der Waals surface area (Å²) in [5, 5.41) is 4.00. The molecule has 0 fully saturated rings.